The summed E-state index contributed by atoms with van der Waals surface area (Å²) in [4.78, 5) is 13.0. The van der Waals surface area contributed by atoms with Crippen LogP contribution in [-0.4, -0.2) is 11.9 Å². The van der Waals surface area contributed by atoms with Crippen molar-refractivity contribution in [3.8, 4) is 0 Å². The van der Waals surface area contributed by atoms with Crippen LogP contribution >= 0.6 is 7.26 Å². The maximum atomic E-state index is 13.0. The van der Waals surface area contributed by atoms with Gasteiger partial charge in [-0.15, -0.1) is 0 Å². The van der Waals surface area contributed by atoms with Gasteiger partial charge in [0.1, 0.15) is 29.3 Å². The third kappa shape index (κ3) is 4.86. The highest BCUT2D eigenvalue weighted by molar-refractivity contribution is 7.96. The van der Waals surface area contributed by atoms with E-state index in [1.54, 1.807) is 0 Å². The van der Waals surface area contributed by atoms with Crippen molar-refractivity contribution in [1.29, 1.82) is 0 Å². The average Bonchev–Trinajstić information content (AvgIpc) is 2.72. The molecule has 3 aromatic rings. The molecule has 0 radical (unpaired) electrons. The number of benzene rings is 3. The van der Waals surface area contributed by atoms with E-state index in [0.717, 1.165) is 12.8 Å². The summed E-state index contributed by atoms with van der Waals surface area (Å²) in [7, 11) is -2.00. The van der Waals surface area contributed by atoms with E-state index < -0.39 is 7.26 Å². The van der Waals surface area contributed by atoms with Gasteiger partial charge in [0.05, 0.1) is 0 Å². The SMILES string of the molecule is CCCCC(=O)C[P+](c1ccccc1)(c1ccccc1)c1ccccc1.[Cl-]. The van der Waals surface area contributed by atoms with Crippen molar-refractivity contribution in [2.24, 2.45) is 0 Å². The van der Waals surface area contributed by atoms with Crippen LogP contribution in [0.3, 0.4) is 0 Å². The Kier molecular flexibility index (Phi) is 8.23. The molecule has 0 unspecified atom stereocenters. The first-order valence-electron chi connectivity index (χ1n) is 9.34. The quantitative estimate of drug-likeness (QED) is 0.530. The fraction of sp³-hybridized carbons (Fsp3) is 0.208. The van der Waals surface area contributed by atoms with Gasteiger partial charge in [0.2, 0.25) is 0 Å². The standard InChI is InChI=1S/C24H26OP.ClH/c1-2-3-13-21(25)20-26(22-14-7-4-8-15-22,23-16-9-5-10-17-23)24-18-11-6-12-19-24;/h4-12,14-19H,2-3,13,20H2,1H3;1H/q+1;/p-1. The number of halogens is 1. The second-order valence-electron chi connectivity index (χ2n) is 6.62. The molecule has 3 aromatic carbocycles. The highest BCUT2D eigenvalue weighted by Crippen LogP contribution is 2.55. The summed E-state index contributed by atoms with van der Waals surface area (Å²) in [5.41, 5.74) is 0. The second kappa shape index (κ2) is 10.4. The Bertz CT molecular complexity index is 722. The summed E-state index contributed by atoms with van der Waals surface area (Å²) in [6.45, 7) is 2.14. The Morgan fingerprint density at radius 1 is 0.704 bits per heavy atom. The van der Waals surface area contributed by atoms with E-state index >= 15 is 0 Å². The molecule has 0 amide bonds. The fourth-order valence-corrected chi connectivity index (χ4v) is 7.66. The van der Waals surface area contributed by atoms with Crippen LogP contribution < -0.4 is 28.3 Å². The number of hydrogen-bond acceptors (Lipinski definition) is 1. The van der Waals surface area contributed by atoms with E-state index in [9.17, 15) is 4.79 Å². The summed E-state index contributed by atoms with van der Waals surface area (Å²) in [6, 6.07) is 31.9. The van der Waals surface area contributed by atoms with Gasteiger partial charge in [-0.3, -0.25) is 4.79 Å². The number of Topliss-reactive ketones (excluding diaryl/α,β-unsaturated/α-hetero) is 1. The summed E-state index contributed by atoms with van der Waals surface area (Å²) in [5.74, 6) is 0.372. The van der Waals surface area contributed by atoms with Gasteiger partial charge in [0.25, 0.3) is 0 Å². The Hall–Kier alpha value is -1.95. The van der Waals surface area contributed by atoms with Crippen LogP contribution in [0.25, 0.3) is 0 Å². The lowest BCUT2D eigenvalue weighted by atomic mass is 10.2. The van der Waals surface area contributed by atoms with E-state index in [4.69, 9.17) is 0 Å². The Morgan fingerprint density at radius 3 is 1.41 bits per heavy atom. The lowest BCUT2D eigenvalue weighted by Gasteiger charge is -2.27. The van der Waals surface area contributed by atoms with Gasteiger partial charge in [0, 0.05) is 6.42 Å². The van der Waals surface area contributed by atoms with E-state index in [0.29, 0.717) is 18.4 Å². The minimum atomic E-state index is -2.00. The van der Waals surface area contributed by atoms with Crippen molar-refractivity contribution in [3.63, 3.8) is 0 Å². The molecule has 0 fully saturated rings. The van der Waals surface area contributed by atoms with Crippen LogP contribution in [0.2, 0.25) is 0 Å². The zero-order chi connectivity index (χ0) is 18.2. The Balaban J connectivity index is 0.00000261. The first-order chi connectivity index (χ1) is 12.8. The maximum Gasteiger partial charge on any atom is 0.171 e. The predicted octanol–water partition coefficient (Wildman–Crippen LogP) is 1.74. The summed E-state index contributed by atoms with van der Waals surface area (Å²) in [6.07, 6.45) is 3.30. The van der Waals surface area contributed by atoms with E-state index in [-0.39, 0.29) is 12.4 Å². The monoisotopic (exact) mass is 396 g/mol. The predicted molar refractivity (Wildman–Crippen MR) is 115 cm³/mol. The molecule has 0 N–H and O–H groups in total. The molecule has 3 rings (SSSR count). The first-order valence-corrected chi connectivity index (χ1v) is 11.3. The molecular weight excluding hydrogens is 371 g/mol. The van der Waals surface area contributed by atoms with E-state index in [2.05, 4.69) is 79.7 Å². The molecule has 0 aliphatic heterocycles. The van der Waals surface area contributed by atoms with E-state index in [1.807, 2.05) is 18.2 Å². The molecular formula is C24H26ClOP. The summed E-state index contributed by atoms with van der Waals surface area (Å²) in [5, 5.41) is 3.84. The molecule has 0 aromatic heterocycles. The largest absolute Gasteiger partial charge is 1.00 e. The molecule has 1 nitrogen and oxygen atoms in total. The normalized spacial score (nSPS) is 10.9. The van der Waals surface area contributed by atoms with Gasteiger partial charge in [-0.1, -0.05) is 67.9 Å². The topological polar surface area (TPSA) is 17.1 Å². The fourth-order valence-electron chi connectivity index (χ4n) is 3.49. The first kappa shape index (κ1) is 21.4. The van der Waals surface area contributed by atoms with Gasteiger partial charge in [-0.2, -0.15) is 0 Å². The highest BCUT2D eigenvalue weighted by Gasteiger charge is 2.46. The van der Waals surface area contributed by atoms with Crippen LogP contribution in [-0.2, 0) is 4.79 Å². The summed E-state index contributed by atoms with van der Waals surface area (Å²) < 4.78 is 0. The molecule has 0 saturated heterocycles. The molecule has 0 atom stereocenters. The van der Waals surface area contributed by atoms with Crippen molar-refractivity contribution in [3.05, 3.63) is 91.0 Å². The van der Waals surface area contributed by atoms with Crippen LogP contribution in [0, 0.1) is 0 Å². The zero-order valence-corrected chi connectivity index (χ0v) is 17.4. The molecule has 140 valence electrons. The van der Waals surface area contributed by atoms with Crippen molar-refractivity contribution >= 4 is 29.0 Å². The minimum absolute atomic E-state index is 0. The molecule has 27 heavy (non-hydrogen) atoms. The molecule has 0 bridgehead atoms. The van der Waals surface area contributed by atoms with Crippen molar-refractivity contribution < 1.29 is 17.2 Å². The van der Waals surface area contributed by atoms with Gasteiger partial charge >= 0.3 is 0 Å². The van der Waals surface area contributed by atoms with Crippen molar-refractivity contribution in [2.45, 2.75) is 26.2 Å². The van der Waals surface area contributed by atoms with Gasteiger partial charge < -0.3 is 12.4 Å². The number of rotatable bonds is 8. The zero-order valence-electron chi connectivity index (χ0n) is 15.7. The van der Waals surface area contributed by atoms with Crippen LogP contribution in [0.4, 0.5) is 0 Å². The Morgan fingerprint density at radius 2 is 1.07 bits per heavy atom. The van der Waals surface area contributed by atoms with Crippen molar-refractivity contribution in [1.82, 2.24) is 0 Å². The molecule has 0 saturated carbocycles. The van der Waals surface area contributed by atoms with Crippen molar-refractivity contribution in [2.75, 3.05) is 6.16 Å². The lowest BCUT2D eigenvalue weighted by molar-refractivity contribution is -0.116. The lowest BCUT2D eigenvalue weighted by Crippen LogP contribution is -3.00. The smallest absolute Gasteiger partial charge is 0.171 e. The van der Waals surface area contributed by atoms with Gasteiger partial charge in [-0.05, 0) is 42.8 Å². The van der Waals surface area contributed by atoms with Crippen LogP contribution in [0.1, 0.15) is 26.2 Å². The molecule has 0 aliphatic rings. The third-order valence-electron chi connectivity index (χ3n) is 4.81. The van der Waals surface area contributed by atoms with E-state index in [1.165, 1.54) is 15.9 Å². The van der Waals surface area contributed by atoms with Crippen LogP contribution in [0.5, 0.6) is 0 Å². The third-order valence-corrected chi connectivity index (χ3v) is 9.18. The summed E-state index contributed by atoms with van der Waals surface area (Å²) >= 11 is 0. The van der Waals surface area contributed by atoms with Gasteiger partial charge in [0.15, 0.2) is 5.78 Å². The highest BCUT2D eigenvalue weighted by atomic mass is 35.5. The molecule has 0 aliphatic carbocycles. The molecule has 3 heteroatoms. The second-order valence-corrected chi connectivity index (χ2v) is 10.1. The molecule has 0 spiro atoms. The maximum absolute atomic E-state index is 13.0. The molecule has 0 heterocycles. The van der Waals surface area contributed by atoms with Crippen LogP contribution in [0.15, 0.2) is 91.0 Å². The number of carbonyl (C=O) groups excluding carboxylic acids is 1. The minimum Gasteiger partial charge on any atom is -1.00 e. The average molecular weight is 397 g/mol. The Labute approximate surface area is 169 Å². The number of hydrogen-bond donors (Lipinski definition) is 0. The number of unbranched alkanes of at least 4 members (excludes halogenated alkanes) is 1. The number of carbonyl (C=O) groups is 1. The number of ketones is 1. The van der Waals surface area contributed by atoms with Gasteiger partial charge in [-0.25, -0.2) is 0 Å².